The van der Waals surface area contributed by atoms with Gasteiger partial charge in [0.2, 0.25) is 0 Å². The summed E-state index contributed by atoms with van der Waals surface area (Å²) in [5, 5.41) is 13.2. The maximum absolute atomic E-state index is 12.2. The summed E-state index contributed by atoms with van der Waals surface area (Å²) in [7, 11) is 0. The summed E-state index contributed by atoms with van der Waals surface area (Å²) in [6.45, 7) is 3.91. The van der Waals surface area contributed by atoms with Crippen molar-refractivity contribution in [2.24, 2.45) is 0 Å². The van der Waals surface area contributed by atoms with E-state index in [0.29, 0.717) is 23.0 Å². The molecular formula is C23H21N5OS. The number of carbonyl (C=O) groups excluding carboxylic acids is 1. The van der Waals surface area contributed by atoms with E-state index in [1.54, 1.807) is 6.07 Å². The zero-order chi connectivity index (χ0) is 20.9. The summed E-state index contributed by atoms with van der Waals surface area (Å²) in [5.41, 5.74) is 4.43. The number of hydrogen-bond donors (Lipinski definition) is 3. The molecule has 2 heterocycles. The molecule has 3 N–H and O–H groups in total. The molecule has 0 fully saturated rings. The number of benzene rings is 2. The largest absolute Gasteiger partial charge is 0.340 e. The Balaban J connectivity index is 1.44. The van der Waals surface area contributed by atoms with Crippen LogP contribution in [-0.4, -0.2) is 15.9 Å². The van der Waals surface area contributed by atoms with Crippen LogP contribution >= 0.6 is 11.3 Å². The van der Waals surface area contributed by atoms with Crippen molar-refractivity contribution in [1.29, 1.82) is 0 Å². The van der Waals surface area contributed by atoms with Crippen LogP contribution in [0.3, 0.4) is 0 Å². The van der Waals surface area contributed by atoms with E-state index in [-0.39, 0.29) is 5.91 Å². The van der Waals surface area contributed by atoms with Gasteiger partial charge in [-0.05, 0) is 61.7 Å². The van der Waals surface area contributed by atoms with Gasteiger partial charge in [0, 0.05) is 28.5 Å². The highest BCUT2D eigenvalue weighted by Gasteiger charge is 2.07. The number of thiophene rings is 1. The molecule has 0 unspecified atom stereocenters. The fourth-order valence-electron chi connectivity index (χ4n) is 2.86. The molecule has 4 aromatic rings. The smallest absolute Gasteiger partial charge is 0.256 e. The number of hydrogen-bond acceptors (Lipinski definition) is 6. The minimum absolute atomic E-state index is 0.116. The lowest BCUT2D eigenvalue weighted by Gasteiger charge is -2.11. The molecule has 0 radical (unpaired) electrons. The minimum Gasteiger partial charge on any atom is -0.340 e. The normalized spacial score (nSPS) is 10.5. The van der Waals surface area contributed by atoms with Crippen LogP contribution in [0.25, 0.3) is 0 Å². The van der Waals surface area contributed by atoms with Gasteiger partial charge in [0.15, 0.2) is 0 Å². The molecule has 0 aliphatic rings. The molecule has 4 rings (SSSR count). The topological polar surface area (TPSA) is 78.9 Å². The number of aryl methyl sites for hydroxylation is 2. The summed E-state index contributed by atoms with van der Waals surface area (Å²) in [5.74, 6) is 1.95. The molecule has 0 saturated heterocycles. The first-order valence-corrected chi connectivity index (χ1v) is 10.4. The predicted molar refractivity (Wildman–Crippen MR) is 123 cm³/mol. The zero-order valence-corrected chi connectivity index (χ0v) is 17.5. The fraction of sp³-hybridized carbons (Fsp3) is 0.0870. The van der Waals surface area contributed by atoms with E-state index < -0.39 is 0 Å². The van der Waals surface area contributed by atoms with Crippen molar-refractivity contribution in [1.82, 2.24) is 9.97 Å². The number of nitrogens with zero attached hydrogens (tertiary/aromatic N) is 2. The maximum atomic E-state index is 12.2. The molecule has 0 bridgehead atoms. The quantitative estimate of drug-likeness (QED) is 0.366. The number of carbonyl (C=O) groups is 1. The third-order valence-electron chi connectivity index (χ3n) is 4.36. The van der Waals surface area contributed by atoms with Gasteiger partial charge in [-0.2, -0.15) is 11.3 Å². The van der Waals surface area contributed by atoms with Crippen molar-refractivity contribution >= 4 is 45.9 Å². The molecule has 0 spiro atoms. The van der Waals surface area contributed by atoms with Gasteiger partial charge >= 0.3 is 0 Å². The second-order valence-electron chi connectivity index (χ2n) is 6.85. The van der Waals surface area contributed by atoms with Crippen LogP contribution in [-0.2, 0) is 0 Å². The van der Waals surface area contributed by atoms with Crippen LogP contribution in [0.5, 0.6) is 0 Å². The number of nitrogens with one attached hydrogen (secondary N) is 3. The predicted octanol–water partition coefficient (Wildman–Crippen LogP) is 5.89. The van der Waals surface area contributed by atoms with E-state index in [1.165, 1.54) is 16.9 Å². The van der Waals surface area contributed by atoms with Crippen LogP contribution in [0.4, 0.5) is 28.7 Å². The lowest BCUT2D eigenvalue weighted by atomic mass is 10.2. The number of amides is 1. The highest BCUT2D eigenvalue weighted by molar-refractivity contribution is 7.08. The molecule has 0 aliphatic heterocycles. The average Bonchev–Trinajstić information content (AvgIpc) is 3.26. The van der Waals surface area contributed by atoms with Crippen LogP contribution < -0.4 is 16.0 Å². The Morgan fingerprint density at radius 3 is 1.93 bits per heavy atom. The van der Waals surface area contributed by atoms with Gasteiger partial charge in [-0.25, -0.2) is 9.97 Å². The Morgan fingerprint density at radius 1 is 0.800 bits per heavy atom. The molecule has 30 heavy (non-hydrogen) atoms. The molecule has 2 aromatic carbocycles. The summed E-state index contributed by atoms with van der Waals surface area (Å²) >= 11 is 1.50. The Morgan fingerprint density at radius 2 is 1.37 bits per heavy atom. The van der Waals surface area contributed by atoms with E-state index in [2.05, 4.69) is 32.8 Å². The van der Waals surface area contributed by atoms with Crippen molar-refractivity contribution < 1.29 is 4.79 Å². The van der Waals surface area contributed by atoms with Gasteiger partial charge in [0.1, 0.15) is 17.5 Å². The summed E-state index contributed by atoms with van der Waals surface area (Å²) in [6.07, 6.45) is 0. The Hall–Kier alpha value is -3.71. The minimum atomic E-state index is -0.116. The Bertz CT molecular complexity index is 1140. The molecular weight excluding hydrogens is 394 g/mol. The molecule has 6 nitrogen and oxygen atoms in total. The van der Waals surface area contributed by atoms with E-state index in [4.69, 9.17) is 0 Å². The molecule has 7 heteroatoms. The molecule has 0 aliphatic carbocycles. The molecule has 2 aromatic heterocycles. The van der Waals surface area contributed by atoms with Crippen molar-refractivity contribution in [3.63, 3.8) is 0 Å². The Labute approximate surface area is 179 Å². The molecule has 150 valence electrons. The van der Waals surface area contributed by atoms with Crippen LogP contribution in [0.15, 0.2) is 71.4 Å². The monoisotopic (exact) mass is 415 g/mol. The van der Waals surface area contributed by atoms with Crippen LogP contribution in [0.1, 0.15) is 21.7 Å². The van der Waals surface area contributed by atoms with E-state index >= 15 is 0 Å². The third-order valence-corrected chi connectivity index (χ3v) is 5.04. The van der Waals surface area contributed by atoms with E-state index in [0.717, 1.165) is 17.1 Å². The highest BCUT2D eigenvalue weighted by Crippen LogP contribution is 2.22. The third kappa shape index (κ3) is 5.01. The molecule has 0 saturated carbocycles. The number of rotatable bonds is 6. The van der Waals surface area contributed by atoms with Gasteiger partial charge in [-0.15, -0.1) is 0 Å². The van der Waals surface area contributed by atoms with Crippen molar-refractivity contribution in [3.8, 4) is 0 Å². The van der Waals surface area contributed by atoms with Gasteiger partial charge in [-0.3, -0.25) is 4.79 Å². The second kappa shape index (κ2) is 8.75. The Kier molecular flexibility index (Phi) is 5.72. The molecule has 1 amide bonds. The van der Waals surface area contributed by atoms with E-state index in [1.807, 2.05) is 72.3 Å². The zero-order valence-electron chi connectivity index (χ0n) is 16.6. The molecule has 0 atom stereocenters. The standard InChI is InChI=1S/C23H21N5OS/c1-15-3-5-18(6-4-15)26-21-13-22(25-16(2)24-21)27-19-7-9-20(10-8-19)28-23(29)17-11-12-30-14-17/h3-14H,1-2H3,(H,28,29)(H2,24,25,26,27). The number of anilines is 5. The summed E-state index contributed by atoms with van der Waals surface area (Å²) in [6, 6.07) is 19.3. The summed E-state index contributed by atoms with van der Waals surface area (Å²) in [4.78, 5) is 21.1. The van der Waals surface area contributed by atoms with Crippen molar-refractivity contribution in [2.75, 3.05) is 16.0 Å². The van der Waals surface area contributed by atoms with Crippen molar-refractivity contribution in [3.05, 3.63) is 88.4 Å². The first-order valence-electron chi connectivity index (χ1n) is 9.45. The average molecular weight is 416 g/mol. The lowest BCUT2D eigenvalue weighted by molar-refractivity contribution is 0.102. The number of aromatic nitrogens is 2. The lowest BCUT2D eigenvalue weighted by Crippen LogP contribution is -2.10. The first kappa shape index (κ1) is 19.6. The second-order valence-corrected chi connectivity index (χ2v) is 7.63. The van der Waals surface area contributed by atoms with Gasteiger partial charge in [0.05, 0.1) is 5.56 Å². The maximum Gasteiger partial charge on any atom is 0.256 e. The van der Waals surface area contributed by atoms with E-state index in [9.17, 15) is 4.79 Å². The SMILES string of the molecule is Cc1ccc(Nc2cc(Nc3ccc(NC(=O)c4ccsc4)cc3)nc(C)n2)cc1. The first-order chi connectivity index (χ1) is 14.5. The fourth-order valence-corrected chi connectivity index (χ4v) is 3.50. The highest BCUT2D eigenvalue weighted by atomic mass is 32.1. The van der Waals surface area contributed by atoms with Gasteiger partial charge < -0.3 is 16.0 Å². The van der Waals surface area contributed by atoms with Gasteiger partial charge in [-0.1, -0.05) is 17.7 Å². The van der Waals surface area contributed by atoms with Crippen molar-refractivity contribution in [2.45, 2.75) is 13.8 Å². The summed E-state index contributed by atoms with van der Waals surface area (Å²) < 4.78 is 0. The van der Waals surface area contributed by atoms with Crippen LogP contribution in [0.2, 0.25) is 0 Å². The van der Waals surface area contributed by atoms with Gasteiger partial charge in [0.25, 0.3) is 5.91 Å². The van der Waals surface area contributed by atoms with Crippen LogP contribution in [0, 0.1) is 13.8 Å².